The molecule has 1 aliphatic carbocycles. The second-order valence-corrected chi connectivity index (χ2v) is 7.42. The van der Waals surface area contributed by atoms with Gasteiger partial charge in [-0.3, -0.25) is 4.79 Å². The first kappa shape index (κ1) is 15.8. The van der Waals surface area contributed by atoms with Crippen molar-refractivity contribution in [3.8, 4) is 0 Å². The fraction of sp³-hybridized carbons (Fsp3) is 0.941. The number of hydrogen-bond donors (Lipinski definition) is 1. The molecular formula is C17H32N2O. The summed E-state index contributed by atoms with van der Waals surface area (Å²) in [4.78, 5) is 14.5. The van der Waals surface area contributed by atoms with Gasteiger partial charge in [-0.05, 0) is 31.1 Å². The van der Waals surface area contributed by atoms with Gasteiger partial charge in [0.25, 0.3) is 0 Å². The molecule has 1 saturated heterocycles. The van der Waals surface area contributed by atoms with E-state index in [9.17, 15) is 4.79 Å². The minimum atomic E-state index is 0.0963. The highest BCUT2D eigenvalue weighted by molar-refractivity contribution is 5.78. The Kier molecular flexibility index (Phi) is 5.88. The highest BCUT2D eigenvalue weighted by Gasteiger charge is 2.28. The Balaban J connectivity index is 1.82. The van der Waals surface area contributed by atoms with Crippen LogP contribution in [0.4, 0.5) is 0 Å². The monoisotopic (exact) mass is 280 g/mol. The molecule has 2 aliphatic rings. The number of carbonyl (C=O) groups is 1. The first-order chi connectivity index (χ1) is 9.54. The van der Waals surface area contributed by atoms with Crippen LogP contribution in [0.2, 0.25) is 0 Å². The molecule has 0 aromatic heterocycles. The van der Waals surface area contributed by atoms with Crippen molar-refractivity contribution in [2.24, 2.45) is 17.8 Å². The lowest BCUT2D eigenvalue weighted by Crippen LogP contribution is -2.52. The summed E-state index contributed by atoms with van der Waals surface area (Å²) in [5.41, 5.74) is 0. The number of hydrogen-bond acceptors (Lipinski definition) is 2. The molecule has 1 heterocycles. The summed E-state index contributed by atoms with van der Waals surface area (Å²) in [5.74, 6) is 1.90. The Hall–Kier alpha value is -0.570. The number of amides is 1. The lowest BCUT2D eigenvalue weighted by Gasteiger charge is -2.39. The van der Waals surface area contributed by atoms with Crippen molar-refractivity contribution >= 4 is 5.91 Å². The van der Waals surface area contributed by atoms with Crippen LogP contribution in [0.1, 0.15) is 59.3 Å². The van der Waals surface area contributed by atoms with Gasteiger partial charge < -0.3 is 10.2 Å². The van der Waals surface area contributed by atoms with Crippen LogP contribution in [0.5, 0.6) is 0 Å². The third-order valence-corrected chi connectivity index (χ3v) is 4.85. The van der Waals surface area contributed by atoms with Gasteiger partial charge in [-0.15, -0.1) is 0 Å². The number of likely N-dealkylation sites (tertiary alicyclic amines) is 1. The molecule has 0 radical (unpaired) electrons. The third kappa shape index (κ3) is 4.76. The average Bonchev–Trinajstić information content (AvgIpc) is 2.39. The van der Waals surface area contributed by atoms with E-state index < -0.39 is 0 Å². The van der Waals surface area contributed by atoms with E-state index in [4.69, 9.17) is 0 Å². The van der Waals surface area contributed by atoms with E-state index in [-0.39, 0.29) is 11.8 Å². The highest BCUT2D eigenvalue weighted by Crippen LogP contribution is 2.26. The molecule has 2 fully saturated rings. The van der Waals surface area contributed by atoms with Crippen LogP contribution in [-0.2, 0) is 4.79 Å². The van der Waals surface area contributed by atoms with Crippen molar-refractivity contribution in [3.05, 3.63) is 0 Å². The van der Waals surface area contributed by atoms with Crippen LogP contribution >= 0.6 is 0 Å². The SMILES string of the molecule is CC1CC(NC(=O)C(C)C)CN(CC2CCCCC2)C1. The Morgan fingerprint density at radius 1 is 1.20 bits per heavy atom. The van der Waals surface area contributed by atoms with Gasteiger partial charge in [-0.25, -0.2) is 0 Å². The van der Waals surface area contributed by atoms with Crippen LogP contribution in [0, 0.1) is 17.8 Å². The first-order valence-corrected chi connectivity index (χ1v) is 8.57. The standard InChI is InChI=1S/C17H32N2O/c1-13(2)17(20)18-16-9-14(3)10-19(12-16)11-15-7-5-4-6-8-15/h13-16H,4-12H2,1-3H3,(H,18,20). The molecule has 3 nitrogen and oxygen atoms in total. The van der Waals surface area contributed by atoms with E-state index >= 15 is 0 Å². The van der Waals surface area contributed by atoms with Gasteiger partial charge in [-0.2, -0.15) is 0 Å². The molecule has 116 valence electrons. The van der Waals surface area contributed by atoms with Gasteiger partial charge in [0.15, 0.2) is 0 Å². The number of carbonyl (C=O) groups excluding carboxylic acids is 1. The molecule has 0 aromatic rings. The van der Waals surface area contributed by atoms with Crippen LogP contribution < -0.4 is 5.32 Å². The van der Waals surface area contributed by atoms with E-state index in [0.29, 0.717) is 12.0 Å². The predicted octanol–water partition coefficient (Wildman–Crippen LogP) is 3.05. The molecule has 1 N–H and O–H groups in total. The van der Waals surface area contributed by atoms with Crippen LogP contribution in [-0.4, -0.2) is 36.5 Å². The molecule has 0 spiro atoms. The summed E-state index contributed by atoms with van der Waals surface area (Å²) in [6, 6.07) is 0.359. The van der Waals surface area contributed by atoms with Gasteiger partial charge in [0, 0.05) is 31.6 Å². The number of nitrogens with zero attached hydrogens (tertiary/aromatic N) is 1. The second-order valence-electron chi connectivity index (χ2n) is 7.42. The summed E-state index contributed by atoms with van der Waals surface area (Å²) >= 11 is 0. The molecule has 1 amide bonds. The van der Waals surface area contributed by atoms with Crippen molar-refractivity contribution < 1.29 is 4.79 Å². The van der Waals surface area contributed by atoms with Crippen molar-refractivity contribution in [3.63, 3.8) is 0 Å². The minimum absolute atomic E-state index is 0.0963. The summed E-state index contributed by atoms with van der Waals surface area (Å²) in [6.07, 6.45) is 8.23. The molecular weight excluding hydrogens is 248 g/mol. The van der Waals surface area contributed by atoms with E-state index in [0.717, 1.165) is 18.9 Å². The maximum absolute atomic E-state index is 11.9. The summed E-state index contributed by atoms with van der Waals surface area (Å²) < 4.78 is 0. The average molecular weight is 280 g/mol. The number of piperidine rings is 1. The fourth-order valence-corrected chi connectivity index (χ4v) is 3.82. The van der Waals surface area contributed by atoms with E-state index in [1.54, 1.807) is 0 Å². The topological polar surface area (TPSA) is 32.3 Å². The van der Waals surface area contributed by atoms with Gasteiger partial charge in [0.2, 0.25) is 5.91 Å². The zero-order valence-electron chi connectivity index (χ0n) is 13.5. The molecule has 0 aromatic carbocycles. The Morgan fingerprint density at radius 2 is 1.90 bits per heavy atom. The van der Waals surface area contributed by atoms with Crippen molar-refractivity contribution in [1.29, 1.82) is 0 Å². The van der Waals surface area contributed by atoms with Gasteiger partial charge in [0.1, 0.15) is 0 Å². The normalized spacial score (nSPS) is 29.6. The van der Waals surface area contributed by atoms with Gasteiger partial charge >= 0.3 is 0 Å². The quantitative estimate of drug-likeness (QED) is 0.858. The Morgan fingerprint density at radius 3 is 2.55 bits per heavy atom. The van der Waals surface area contributed by atoms with E-state index in [1.165, 1.54) is 45.2 Å². The highest BCUT2D eigenvalue weighted by atomic mass is 16.1. The van der Waals surface area contributed by atoms with Crippen LogP contribution in [0.15, 0.2) is 0 Å². The Labute approximate surface area is 124 Å². The summed E-state index contributed by atoms with van der Waals surface area (Å²) in [6.45, 7) is 9.78. The lowest BCUT2D eigenvalue weighted by molar-refractivity contribution is -0.125. The molecule has 1 saturated carbocycles. The molecule has 0 bridgehead atoms. The molecule has 2 rings (SSSR count). The van der Waals surface area contributed by atoms with Crippen molar-refractivity contribution in [2.75, 3.05) is 19.6 Å². The van der Waals surface area contributed by atoms with E-state index in [2.05, 4.69) is 17.1 Å². The smallest absolute Gasteiger partial charge is 0.222 e. The lowest BCUT2D eigenvalue weighted by atomic mass is 9.87. The fourth-order valence-electron chi connectivity index (χ4n) is 3.82. The molecule has 3 heteroatoms. The molecule has 1 aliphatic heterocycles. The first-order valence-electron chi connectivity index (χ1n) is 8.57. The summed E-state index contributed by atoms with van der Waals surface area (Å²) in [7, 11) is 0. The van der Waals surface area contributed by atoms with E-state index in [1.807, 2.05) is 13.8 Å². The molecule has 20 heavy (non-hydrogen) atoms. The molecule has 2 unspecified atom stereocenters. The largest absolute Gasteiger partial charge is 0.352 e. The minimum Gasteiger partial charge on any atom is -0.352 e. The van der Waals surface area contributed by atoms with Crippen molar-refractivity contribution in [1.82, 2.24) is 10.2 Å². The molecule has 2 atom stereocenters. The van der Waals surface area contributed by atoms with Gasteiger partial charge in [0.05, 0.1) is 0 Å². The van der Waals surface area contributed by atoms with Gasteiger partial charge in [-0.1, -0.05) is 40.0 Å². The second kappa shape index (κ2) is 7.44. The number of rotatable bonds is 4. The van der Waals surface area contributed by atoms with Crippen LogP contribution in [0.25, 0.3) is 0 Å². The Bertz CT molecular complexity index is 310. The third-order valence-electron chi connectivity index (χ3n) is 4.85. The number of nitrogens with one attached hydrogen (secondary N) is 1. The zero-order valence-corrected chi connectivity index (χ0v) is 13.5. The predicted molar refractivity (Wildman–Crippen MR) is 83.6 cm³/mol. The van der Waals surface area contributed by atoms with Crippen molar-refractivity contribution in [2.45, 2.75) is 65.3 Å². The summed E-state index contributed by atoms with van der Waals surface area (Å²) in [5, 5.41) is 3.24. The maximum atomic E-state index is 11.9. The maximum Gasteiger partial charge on any atom is 0.222 e. The zero-order chi connectivity index (χ0) is 14.5. The van der Waals surface area contributed by atoms with Crippen LogP contribution in [0.3, 0.4) is 0 Å².